The maximum atomic E-state index is 10.7. The highest BCUT2D eigenvalue weighted by atomic mass is 16.1. The molecular weight excluding hydrogens is 186 g/mol. The predicted octanol–water partition coefficient (Wildman–Crippen LogP) is 2.48. The van der Waals surface area contributed by atoms with E-state index in [1.165, 1.54) is 22.2 Å². The van der Waals surface area contributed by atoms with Gasteiger partial charge < -0.3 is 9.36 Å². The molecule has 0 amide bonds. The van der Waals surface area contributed by atoms with Crippen molar-refractivity contribution in [2.45, 2.75) is 19.8 Å². The highest BCUT2D eigenvalue weighted by Gasteiger charge is 2.11. The molecule has 0 N–H and O–H groups in total. The standard InChI is InChI=1S/C13H15NO/c1-3-12-11(8-9-15)10-6-4-5-7-13(10)14(12)2/h4-7,9H,3,8H2,1-2H3. The number of nitrogens with zero attached hydrogens (tertiary/aromatic N) is 1. The van der Waals surface area contributed by atoms with Gasteiger partial charge in [-0.2, -0.15) is 0 Å². The molecule has 15 heavy (non-hydrogen) atoms. The molecule has 1 aromatic carbocycles. The number of fused-ring (bicyclic) bond motifs is 1. The largest absolute Gasteiger partial charge is 0.347 e. The fraction of sp³-hybridized carbons (Fsp3) is 0.308. The van der Waals surface area contributed by atoms with Gasteiger partial charge in [-0.3, -0.25) is 0 Å². The van der Waals surface area contributed by atoms with Gasteiger partial charge in [-0.25, -0.2) is 0 Å². The lowest BCUT2D eigenvalue weighted by Crippen LogP contribution is -1.97. The molecule has 0 aliphatic carbocycles. The topological polar surface area (TPSA) is 22.0 Å². The SMILES string of the molecule is CCc1c(CC=O)c2ccccc2n1C. The first-order chi connectivity index (χ1) is 7.29. The summed E-state index contributed by atoms with van der Waals surface area (Å²) in [5, 5.41) is 1.21. The Kier molecular flexibility index (Phi) is 2.58. The minimum atomic E-state index is 0.518. The number of hydrogen-bond donors (Lipinski definition) is 0. The smallest absolute Gasteiger partial charge is 0.124 e. The van der Waals surface area contributed by atoms with Crippen molar-refractivity contribution in [3.63, 3.8) is 0 Å². The molecule has 2 nitrogen and oxygen atoms in total. The fourth-order valence-electron chi connectivity index (χ4n) is 2.29. The molecule has 2 heteroatoms. The van der Waals surface area contributed by atoms with Crippen molar-refractivity contribution in [2.75, 3.05) is 0 Å². The second kappa shape index (κ2) is 3.89. The number of carbonyl (C=O) groups is 1. The number of aldehydes is 1. The van der Waals surface area contributed by atoms with Crippen molar-refractivity contribution < 1.29 is 4.79 Å². The molecule has 1 heterocycles. The highest BCUT2D eigenvalue weighted by Crippen LogP contribution is 2.25. The second-order valence-corrected chi connectivity index (χ2v) is 3.73. The van der Waals surface area contributed by atoms with Crippen molar-refractivity contribution in [3.05, 3.63) is 35.5 Å². The van der Waals surface area contributed by atoms with Crippen LogP contribution in [0.25, 0.3) is 10.9 Å². The van der Waals surface area contributed by atoms with Gasteiger partial charge in [0.2, 0.25) is 0 Å². The molecule has 0 atom stereocenters. The Morgan fingerprint density at radius 2 is 2.07 bits per heavy atom. The summed E-state index contributed by atoms with van der Waals surface area (Å²) in [6.07, 6.45) is 2.47. The van der Waals surface area contributed by atoms with Gasteiger partial charge in [0.05, 0.1) is 0 Å². The summed E-state index contributed by atoms with van der Waals surface area (Å²) in [7, 11) is 2.06. The zero-order chi connectivity index (χ0) is 10.8. The number of aryl methyl sites for hydroxylation is 1. The minimum absolute atomic E-state index is 0.518. The van der Waals surface area contributed by atoms with Gasteiger partial charge >= 0.3 is 0 Å². The van der Waals surface area contributed by atoms with Crippen molar-refractivity contribution in [1.82, 2.24) is 4.57 Å². The summed E-state index contributed by atoms with van der Waals surface area (Å²) in [6.45, 7) is 2.13. The molecule has 1 aromatic heterocycles. The van der Waals surface area contributed by atoms with Gasteiger partial charge in [0.25, 0.3) is 0 Å². The fourth-order valence-corrected chi connectivity index (χ4v) is 2.29. The van der Waals surface area contributed by atoms with Crippen LogP contribution in [0.15, 0.2) is 24.3 Å². The van der Waals surface area contributed by atoms with E-state index < -0.39 is 0 Å². The van der Waals surface area contributed by atoms with E-state index in [1.807, 2.05) is 12.1 Å². The van der Waals surface area contributed by atoms with Crippen LogP contribution in [0, 0.1) is 0 Å². The minimum Gasteiger partial charge on any atom is -0.347 e. The third kappa shape index (κ3) is 1.46. The zero-order valence-electron chi connectivity index (χ0n) is 9.16. The van der Waals surface area contributed by atoms with E-state index in [9.17, 15) is 4.79 Å². The molecule has 0 saturated heterocycles. The average Bonchev–Trinajstić information content (AvgIpc) is 2.54. The molecule has 78 valence electrons. The van der Waals surface area contributed by atoms with Crippen LogP contribution < -0.4 is 0 Å². The van der Waals surface area contributed by atoms with Crippen molar-refractivity contribution >= 4 is 17.2 Å². The van der Waals surface area contributed by atoms with E-state index in [0.29, 0.717) is 6.42 Å². The molecule has 0 aliphatic rings. The molecule has 0 bridgehead atoms. The third-order valence-corrected chi connectivity index (χ3v) is 2.97. The number of benzene rings is 1. The van der Waals surface area contributed by atoms with Crippen molar-refractivity contribution in [2.24, 2.45) is 7.05 Å². The monoisotopic (exact) mass is 201 g/mol. The van der Waals surface area contributed by atoms with Crippen LogP contribution >= 0.6 is 0 Å². The van der Waals surface area contributed by atoms with Gasteiger partial charge in [-0.15, -0.1) is 0 Å². The van der Waals surface area contributed by atoms with Crippen LogP contribution in [0.4, 0.5) is 0 Å². The van der Waals surface area contributed by atoms with Crippen molar-refractivity contribution in [3.8, 4) is 0 Å². The second-order valence-electron chi connectivity index (χ2n) is 3.73. The lowest BCUT2D eigenvalue weighted by molar-refractivity contribution is -0.107. The lowest BCUT2D eigenvalue weighted by Gasteiger charge is -2.02. The van der Waals surface area contributed by atoms with E-state index in [4.69, 9.17) is 0 Å². The maximum Gasteiger partial charge on any atom is 0.124 e. The summed E-state index contributed by atoms with van der Waals surface area (Å²) in [6, 6.07) is 8.25. The summed E-state index contributed by atoms with van der Waals surface area (Å²) in [4.78, 5) is 10.7. The van der Waals surface area contributed by atoms with Gasteiger partial charge in [-0.1, -0.05) is 25.1 Å². The normalized spacial score (nSPS) is 10.8. The maximum absolute atomic E-state index is 10.7. The Labute approximate surface area is 89.5 Å². The Bertz CT molecular complexity index is 496. The summed E-state index contributed by atoms with van der Waals surface area (Å²) >= 11 is 0. The van der Waals surface area contributed by atoms with Gasteiger partial charge in [0.1, 0.15) is 6.29 Å². The Morgan fingerprint density at radius 1 is 1.33 bits per heavy atom. The molecule has 0 aliphatic heterocycles. The molecule has 2 aromatic rings. The molecular formula is C13H15NO. The van der Waals surface area contributed by atoms with Crippen LogP contribution in [-0.2, 0) is 24.7 Å². The van der Waals surface area contributed by atoms with Crippen LogP contribution in [0.1, 0.15) is 18.2 Å². The quantitative estimate of drug-likeness (QED) is 0.699. The number of para-hydroxylation sites is 1. The summed E-state index contributed by atoms with van der Waals surface area (Å²) in [5.41, 5.74) is 3.67. The first kappa shape index (κ1) is 9.97. The Balaban J connectivity index is 2.78. The first-order valence-electron chi connectivity index (χ1n) is 5.28. The molecule has 0 saturated carbocycles. The molecule has 0 fully saturated rings. The summed E-state index contributed by atoms with van der Waals surface area (Å²) in [5.74, 6) is 0. The summed E-state index contributed by atoms with van der Waals surface area (Å²) < 4.78 is 2.19. The van der Waals surface area contributed by atoms with Crippen LogP contribution in [0.5, 0.6) is 0 Å². The third-order valence-electron chi connectivity index (χ3n) is 2.97. The predicted molar refractivity (Wildman–Crippen MR) is 62.1 cm³/mol. The first-order valence-corrected chi connectivity index (χ1v) is 5.28. The van der Waals surface area contributed by atoms with Crippen LogP contribution in [0.3, 0.4) is 0 Å². The zero-order valence-corrected chi connectivity index (χ0v) is 9.16. The number of aromatic nitrogens is 1. The average molecular weight is 201 g/mol. The highest BCUT2D eigenvalue weighted by molar-refractivity contribution is 5.87. The van der Waals surface area contributed by atoms with E-state index in [-0.39, 0.29) is 0 Å². The van der Waals surface area contributed by atoms with Gasteiger partial charge in [0, 0.05) is 30.1 Å². The van der Waals surface area contributed by atoms with Crippen LogP contribution in [-0.4, -0.2) is 10.9 Å². The molecule has 0 spiro atoms. The lowest BCUT2D eigenvalue weighted by atomic mass is 10.1. The van der Waals surface area contributed by atoms with Gasteiger partial charge in [-0.05, 0) is 18.1 Å². The molecule has 0 radical (unpaired) electrons. The number of hydrogen-bond acceptors (Lipinski definition) is 1. The Morgan fingerprint density at radius 3 is 2.73 bits per heavy atom. The number of carbonyl (C=O) groups excluding carboxylic acids is 1. The number of rotatable bonds is 3. The van der Waals surface area contributed by atoms with E-state index in [1.54, 1.807) is 0 Å². The molecule has 2 rings (SSSR count). The van der Waals surface area contributed by atoms with E-state index in [2.05, 4.69) is 30.7 Å². The van der Waals surface area contributed by atoms with Crippen LogP contribution in [0.2, 0.25) is 0 Å². The molecule has 0 unspecified atom stereocenters. The van der Waals surface area contributed by atoms with Crippen molar-refractivity contribution in [1.29, 1.82) is 0 Å². The van der Waals surface area contributed by atoms with E-state index in [0.717, 1.165) is 12.7 Å². The Hall–Kier alpha value is -1.57. The van der Waals surface area contributed by atoms with Gasteiger partial charge in [0.15, 0.2) is 0 Å². The van der Waals surface area contributed by atoms with E-state index >= 15 is 0 Å².